The van der Waals surface area contributed by atoms with Gasteiger partial charge in [0.05, 0.1) is 7.11 Å². The third kappa shape index (κ3) is 3.61. The SMILES string of the molecule is COc1ccc2c(=O)n(CC(=O)OC3CCC(C)CC3)ccc2c1. The number of fused-ring (bicyclic) bond motifs is 1. The Morgan fingerprint density at radius 2 is 1.96 bits per heavy atom. The second kappa shape index (κ2) is 7.07. The number of ether oxygens (including phenoxy) is 2. The van der Waals surface area contributed by atoms with Crippen molar-refractivity contribution in [1.82, 2.24) is 4.57 Å². The van der Waals surface area contributed by atoms with Crippen molar-refractivity contribution >= 4 is 16.7 Å². The van der Waals surface area contributed by atoms with E-state index in [9.17, 15) is 9.59 Å². The quantitative estimate of drug-likeness (QED) is 0.809. The molecule has 24 heavy (non-hydrogen) atoms. The molecule has 128 valence electrons. The van der Waals surface area contributed by atoms with Gasteiger partial charge in [0.25, 0.3) is 5.56 Å². The molecule has 1 aliphatic rings. The van der Waals surface area contributed by atoms with Gasteiger partial charge in [0, 0.05) is 11.6 Å². The standard InChI is InChI=1S/C19H23NO4/c1-13-3-5-15(6-4-13)24-18(21)12-20-10-9-14-11-16(23-2)7-8-17(14)19(20)22/h7-11,13,15H,3-6,12H2,1-2H3. The number of hydrogen-bond donors (Lipinski definition) is 0. The number of hydrogen-bond acceptors (Lipinski definition) is 4. The Hall–Kier alpha value is -2.30. The smallest absolute Gasteiger partial charge is 0.326 e. The van der Waals surface area contributed by atoms with E-state index in [0.29, 0.717) is 17.1 Å². The van der Waals surface area contributed by atoms with Gasteiger partial charge in [-0.3, -0.25) is 9.59 Å². The highest BCUT2D eigenvalue weighted by atomic mass is 16.5. The molecule has 0 aliphatic heterocycles. The van der Waals surface area contributed by atoms with Crippen LogP contribution in [0.15, 0.2) is 35.3 Å². The van der Waals surface area contributed by atoms with Crippen molar-refractivity contribution in [2.75, 3.05) is 7.11 Å². The highest BCUT2D eigenvalue weighted by molar-refractivity contribution is 5.83. The molecule has 5 nitrogen and oxygen atoms in total. The molecule has 1 saturated carbocycles. The molecule has 0 spiro atoms. The summed E-state index contributed by atoms with van der Waals surface area (Å²) in [6.45, 7) is 2.18. The fourth-order valence-corrected chi connectivity index (χ4v) is 3.23. The van der Waals surface area contributed by atoms with E-state index in [1.807, 2.05) is 12.1 Å². The molecule has 1 aromatic heterocycles. The molecule has 0 N–H and O–H groups in total. The van der Waals surface area contributed by atoms with Gasteiger partial charge >= 0.3 is 5.97 Å². The largest absolute Gasteiger partial charge is 0.497 e. The second-order valence-corrected chi connectivity index (χ2v) is 6.57. The minimum atomic E-state index is -0.343. The number of benzene rings is 1. The molecule has 2 aromatic rings. The molecule has 1 aromatic carbocycles. The topological polar surface area (TPSA) is 57.5 Å². The van der Waals surface area contributed by atoms with E-state index in [-0.39, 0.29) is 24.2 Å². The van der Waals surface area contributed by atoms with Gasteiger partial charge in [-0.15, -0.1) is 0 Å². The summed E-state index contributed by atoms with van der Waals surface area (Å²) in [5, 5.41) is 1.36. The number of aromatic nitrogens is 1. The van der Waals surface area contributed by atoms with Gasteiger partial charge in [-0.05, 0) is 61.3 Å². The molecule has 5 heteroatoms. The fraction of sp³-hybridized carbons (Fsp3) is 0.474. The maximum absolute atomic E-state index is 12.5. The highest BCUT2D eigenvalue weighted by Gasteiger charge is 2.21. The molecule has 1 heterocycles. The Bertz CT molecular complexity index is 788. The van der Waals surface area contributed by atoms with Gasteiger partial charge < -0.3 is 14.0 Å². The lowest BCUT2D eigenvalue weighted by Crippen LogP contribution is -2.29. The normalized spacial score (nSPS) is 20.8. The minimum Gasteiger partial charge on any atom is -0.497 e. The molecule has 3 rings (SSSR count). The first-order valence-electron chi connectivity index (χ1n) is 8.43. The van der Waals surface area contributed by atoms with E-state index in [1.165, 1.54) is 4.57 Å². The average molecular weight is 329 g/mol. The van der Waals surface area contributed by atoms with Gasteiger partial charge in [0.2, 0.25) is 0 Å². The molecule has 0 unspecified atom stereocenters. The fourth-order valence-electron chi connectivity index (χ4n) is 3.23. The Labute approximate surface area is 141 Å². The van der Waals surface area contributed by atoms with Crippen LogP contribution in [-0.2, 0) is 16.1 Å². The van der Waals surface area contributed by atoms with E-state index < -0.39 is 0 Å². The molecule has 0 saturated heterocycles. The van der Waals surface area contributed by atoms with E-state index >= 15 is 0 Å². The lowest BCUT2D eigenvalue weighted by molar-refractivity contribution is -0.151. The van der Waals surface area contributed by atoms with Crippen LogP contribution in [0.4, 0.5) is 0 Å². The van der Waals surface area contributed by atoms with Crippen LogP contribution in [0, 0.1) is 5.92 Å². The maximum atomic E-state index is 12.5. The Morgan fingerprint density at radius 3 is 2.67 bits per heavy atom. The first-order chi connectivity index (χ1) is 11.6. The zero-order chi connectivity index (χ0) is 17.1. The van der Waals surface area contributed by atoms with Crippen LogP contribution in [-0.4, -0.2) is 23.8 Å². The summed E-state index contributed by atoms with van der Waals surface area (Å²) in [4.78, 5) is 24.7. The van der Waals surface area contributed by atoms with Crippen molar-refractivity contribution in [2.24, 2.45) is 5.92 Å². The monoisotopic (exact) mass is 329 g/mol. The van der Waals surface area contributed by atoms with Crippen LogP contribution in [0.5, 0.6) is 5.75 Å². The zero-order valence-electron chi connectivity index (χ0n) is 14.2. The number of esters is 1. The van der Waals surface area contributed by atoms with Gasteiger partial charge in [0.1, 0.15) is 18.4 Å². The summed E-state index contributed by atoms with van der Waals surface area (Å²) in [7, 11) is 1.59. The molecule has 0 amide bonds. The molecular formula is C19H23NO4. The van der Waals surface area contributed by atoms with E-state index in [0.717, 1.165) is 31.1 Å². The second-order valence-electron chi connectivity index (χ2n) is 6.57. The minimum absolute atomic E-state index is 0.00544. The van der Waals surface area contributed by atoms with Crippen LogP contribution in [0.2, 0.25) is 0 Å². The molecule has 1 aliphatic carbocycles. The number of carbonyl (C=O) groups excluding carboxylic acids is 1. The number of nitrogens with zero attached hydrogens (tertiary/aromatic N) is 1. The first-order valence-corrected chi connectivity index (χ1v) is 8.43. The molecule has 0 radical (unpaired) electrons. The number of pyridine rings is 1. The number of carbonyl (C=O) groups is 1. The Morgan fingerprint density at radius 1 is 1.21 bits per heavy atom. The van der Waals surface area contributed by atoms with Crippen LogP contribution in [0.3, 0.4) is 0 Å². The third-order valence-corrected chi connectivity index (χ3v) is 4.74. The van der Waals surface area contributed by atoms with Gasteiger partial charge in [-0.1, -0.05) is 6.92 Å². The van der Waals surface area contributed by atoms with Crippen molar-refractivity contribution in [3.05, 3.63) is 40.8 Å². The summed E-state index contributed by atoms with van der Waals surface area (Å²) in [6, 6.07) is 7.09. The molecular weight excluding hydrogens is 306 g/mol. The average Bonchev–Trinajstić information content (AvgIpc) is 2.59. The predicted molar refractivity (Wildman–Crippen MR) is 92.3 cm³/mol. The van der Waals surface area contributed by atoms with Crippen molar-refractivity contribution < 1.29 is 14.3 Å². The van der Waals surface area contributed by atoms with Crippen molar-refractivity contribution in [2.45, 2.75) is 45.3 Å². The summed E-state index contributed by atoms with van der Waals surface area (Å²) in [6.07, 6.45) is 5.65. The summed E-state index contributed by atoms with van der Waals surface area (Å²) >= 11 is 0. The van der Waals surface area contributed by atoms with E-state index in [4.69, 9.17) is 9.47 Å². The highest BCUT2D eigenvalue weighted by Crippen LogP contribution is 2.25. The lowest BCUT2D eigenvalue weighted by atomic mass is 9.89. The van der Waals surface area contributed by atoms with Crippen LogP contribution < -0.4 is 10.3 Å². The van der Waals surface area contributed by atoms with Gasteiger partial charge in [-0.25, -0.2) is 0 Å². The molecule has 1 fully saturated rings. The molecule has 0 bridgehead atoms. The number of methoxy groups -OCH3 is 1. The van der Waals surface area contributed by atoms with E-state index in [1.54, 1.807) is 25.4 Å². The van der Waals surface area contributed by atoms with Crippen LogP contribution >= 0.6 is 0 Å². The van der Waals surface area contributed by atoms with Crippen LogP contribution in [0.25, 0.3) is 10.8 Å². The van der Waals surface area contributed by atoms with E-state index in [2.05, 4.69) is 6.92 Å². The predicted octanol–water partition coefficient (Wildman–Crippen LogP) is 3.13. The summed E-state index contributed by atoms with van der Waals surface area (Å²) in [5.74, 6) is 1.06. The Kier molecular flexibility index (Phi) is 4.88. The molecule has 0 atom stereocenters. The summed E-state index contributed by atoms with van der Waals surface area (Å²) < 4.78 is 12.1. The van der Waals surface area contributed by atoms with Crippen molar-refractivity contribution in [3.8, 4) is 5.75 Å². The Balaban J connectivity index is 1.71. The van der Waals surface area contributed by atoms with Crippen LogP contribution in [0.1, 0.15) is 32.6 Å². The van der Waals surface area contributed by atoms with Crippen molar-refractivity contribution in [3.63, 3.8) is 0 Å². The third-order valence-electron chi connectivity index (χ3n) is 4.74. The zero-order valence-corrected chi connectivity index (χ0v) is 14.2. The summed E-state index contributed by atoms with van der Waals surface area (Å²) in [5.41, 5.74) is -0.190. The maximum Gasteiger partial charge on any atom is 0.326 e. The first kappa shape index (κ1) is 16.6. The van der Waals surface area contributed by atoms with Gasteiger partial charge in [0.15, 0.2) is 0 Å². The lowest BCUT2D eigenvalue weighted by Gasteiger charge is -2.26. The van der Waals surface area contributed by atoms with Gasteiger partial charge in [-0.2, -0.15) is 0 Å². The number of rotatable bonds is 4. The van der Waals surface area contributed by atoms with Crippen molar-refractivity contribution in [1.29, 1.82) is 0 Å².